The monoisotopic (exact) mass is 293 g/mol. The van der Waals surface area contributed by atoms with Crippen LogP contribution in [0.4, 0.5) is 0 Å². The Kier molecular flexibility index (Phi) is 5.52. The molecule has 0 spiro atoms. The van der Waals surface area contributed by atoms with Crippen LogP contribution in [0.3, 0.4) is 0 Å². The van der Waals surface area contributed by atoms with E-state index in [0.717, 1.165) is 16.2 Å². The fraction of sp³-hybridized carbons (Fsp3) is 0.333. The summed E-state index contributed by atoms with van der Waals surface area (Å²) in [6, 6.07) is 9.62. The van der Waals surface area contributed by atoms with E-state index >= 15 is 0 Å². The predicted octanol–water partition coefficient (Wildman–Crippen LogP) is 2.83. The van der Waals surface area contributed by atoms with E-state index in [-0.39, 0.29) is 0 Å². The van der Waals surface area contributed by atoms with Crippen LogP contribution in [0.15, 0.2) is 45.9 Å². The average Bonchev–Trinajstić information content (AvgIpc) is 3.01. The van der Waals surface area contributed by atoms with Crippen molar-refractivity contribution in [1.29, 1.82) is 0 Å². The summed E-state index contributed by atoms with van der Waals surface area (Å²) in [6.07, 6.45) is 2.96. The van der Waals surface area contributed by atoms with Gasteiger partial charge in [0.15, 0.2) is 0 Å². The van der Waals surface area contributed by atoms with Crippen LogP contribution in [-0.4, -0.2) is 25.0 Å². The van der Waals surface area contributed by atoms with Crippen LogP contribution >= 0.6 is 11.8 Å². The molecule has 0 saturated carbocycles. The number of aliphatic hydroxyl groups excluding tert-OH is 1. The Morgan fingerprint density at radius 3 is 2.90 bits per heavy atom. The smallest absolute Gasteiger partial charge is 0.133 e. The van der Waals surface area contributed by atoms with E-state index < -0.39 is 6.10 Å². The summed E-state index contributed by atoms with van der Waals surface area (Å²) in [4.78, 5) is 1.11. The number of nitrogens with one attached hydrogen (secondary N) is 1. The molecule has 5 heteroatoms. The SMILES string of the molecule is COc1ccc(CNCC(O)c2ccco2)cc1SC. The molecule has 1 heterocycles. The maximum absolute atomic E-state index is 9.89. The highest BCUT2D eigenvalue weighted by Crippen LogP contribution is 2.28. The van der Waals surface area contributed by atoms with Gasteiger partial charge in [-0.05, 0) is 36.1 Å². The third-order valence-corrected chi connectivity index (χ3v) is 3.75. The third-order valence-electron chi connectivity index (χ3n) is 2.99. The van der Waals surface area contributed by atoms with Gasteiger partial charge in [0.2, 0.25) is 0 Å². The first-order valence-corrected chi connectivity index (χ1v) is 7.60. The molecule has 1 aromatic carbocycles. The zero-order valence-electron chi connectivity index (χ0n) is 11.6. The highest BCUT2D eigenvalue weighted by molar-refractivity contribution is 7.98. The number of thioether (sulfide) groups is 1. The molecule has 0 aliphatic heterocycles. The third kappa shape index (κ3) is 3.79. The van der Waals surface area contributed by atoms with E-state index in [9.17, 15) is 5.11 Å². The van der Waals surface area contributed by atoms with E-state index in [0.29, 0.717) is 18.8 Å². The first-order valence-electron chi connectivity index (χ1n) is 6.37. The van der Waals surface area contributed by atoms with Crippen LogP contribution < -0.4 is 10.1 Å². The summed E-state index contributed by atoms with van der Waals surface area (Å²) in [5, 5.41) is 13.1. The van der Waals surface area contributed by atoms with Gasteiger partial charge in [0, 0.05) is 18.0 Å². The molecular formula is C15H19NO3S. The lowest BCUT2D eigenvalue weighted by Crippen LogP contribution is -2.20. The van der Waals surface area contributed by atoms with Gasteiger partial charge in [-0.25, -0.2) is 0 Å². The van der Waals surface area contributed by atoms with E-state index in [1.165, 1.54) is 0 Å². The lowest BCUT2D eigenvalue weighted by atomic mass is 10.2. The molecule has 0 radical (unpaired) electrons. The van der Waals surface area contributed by atoms with E-state index in [2.05, 4.69) is 11.4 Å². The van der Waals surface area contributed by atoms with Crippen LogP contribution in [0, 0.1) is 0 Å². The van der Waals surface area contributed by atoms with Gasteiger partial charge in [0.05, 0.1) is 13.4 Å². The van der Waals surface area contributed by atoms with Crippen molar-refractivity contribution >= 4 is 11.8 Å². The predicted molar refractivity (Wildman–Crippen MR) is 80.1 cm³/mol. The van der Waals surface area contributed by atoms with Crippen LogP contribution in [0.5, 0.6) is 5.75 Å². The Bertz CT molecular complexity index is 528. The standard InChI is InChI=1S/C15H19NO3S/c1-18-14-6-5-11(8-15(14)20-2)9-16-10-12(17)13-4-3-7-19-13/h3-8,12,16-17H,9-10H2,1-2H3. The minimum Gasteiger partial charge on any atom is -0.496 e. The Labute approximate surface area is 123 Å². The molecule has 2 aromatic rings. The highest BCUT2D eigenvalue weighted by atomic mass is 32.2. The summed E-state index contributed by atoms with van der Waals surface area (Å²) >= 11 is 1.65. The molecule has 0 saturated heterocycles. The van der Waals surface area contributed by atoms with Crippen LogP contribution in [0.1, 0.15) is 17.4 Å². The first kappa shape index (κ1) is 15.0. The summed E-state index contributed by atoms with van der Waals surface area (Å²) < 4.78 is 10.4. The number of methoxy groups -OCH3 is 1. The van der Waals surface area contributed by atoms with Crippen molar-refractivity contribution in [1.82, 2.24) is 5.32 Å². The van der Waals surface area contributed by atoms with Gasteiger partial charge in [-0.3, -0.25) is 0 Å². The molecule has 0 aliphatic carbocycles. The molecule has 1 aromatic heterocycles. The molecule has 1 atom stereocenters. The van der Waals surface area contributed by atoms with Crippen molar-refractivity contribution in [3.63, 3.8) is 0 Å². The molecule has 2 N–H and O–H groups in total. The number of ether oxygens (including phenoxy) is 1. The minimum absolute atomic E-state index is 0.453. The molecule has 0 aliphatic rings. The van der Waals surface area contributed by atoms with Crippen molar-refractivity contribution in [3.05, 3.63) is 47.9 Å². The molecule has 0 bridgehead atoms. The van der Waals surface area contributed by atoms with Crippen LogP contribution in [-0.2, 0) is 6.54 Å². The molecular weight excluding hydrogens is 274 g/mol. The van der Waals surface area contributed by atoms with E-state index in [4.69, 9.17) is 9.15 Å². The van der Waals surface area contributed by atoms with Gasteiger partial charge < -0.3 is 19.6 Å². The van der Waals surface area contributed by atoms with Crippen LogP contribution in [0.25, 0.3) is 0 Å². The van der Waals surface area contributed by atoms with Gasteiger partial charge in [0.25, 0.3) is 0 Å². The van der Waals surface area contributed by atoms with Gasteiger partial charge in [-0.2, -0.15) is 0 Å². The van der Waals surface area contributed by atoms with Crippen molar-refractivity contribution < 1.29 is 14.3 Å². The molecule has 0 fully saturated rings. The first-order chi connectivity index (χ1) is 9.74. The Hall–Kier alpha value is -1.43. The summed E-state index contributed by atoms with van der Waals surface area (Å²) in [6.45, 7) is 1.14. The minimum atomic E-state index is -0.622. The number of hydrogen-bond donors (Lipinski definition) is 2. The highest BCUT2D eigenvalue weighted by Gasteiger charge is 2.09. The fourth-order valence-electron chi connectivity index (χ4n) is 1.93. The summed E-state index contributed by atoms with van der Waals surface area (Å²) in [5.41, 5.74) is 1.15. The maximum Gasteiger partial charge on any atom is 0.133 e. The van der Waals surface area contributed by atoms with E-state index in [1.54, 1.807) is 37.3 Å². The lowest BCUT2D eigenvalue weighted by Gasteiger charge is -2.11. The summed E-state index contributed by atoms with van der Waals surface area (Å²) in [5.74, 6) is 1.47. The second kappa shape index (κ2) is 7.38. The number of rotatable bonds is 7. The lowest BCUT2D eigenvalue weighted by molar-refractivity contribution is 0.147. The number of furan rings is 1. The molecule has 1 unspecified atom stereocenters. The van der Waals surface area contributed by atoms with Gasteiger partial charge >= 0.3 is 0 Å². The van der Waals surface area contributed by atoms with Crippen molar-refractivity contribution in [2.75, 3.05) is 19.9 Å². The quantitative estimate of drug-likeness (QED) is 0.769. The van der Waals surface area contributed by atoms with Gasteiger partial charge in [0.1, 0.15) is 17.6 Å². The fourth-order valence-corrected chi connectivity index (χ4v) is 2.55. The summed E-state index contributed by atoms with van der Waals surface area (Å²) in [7, 11) is 1.67. The molecule has 0 amide bonds. The number of hydrogen-bond acceptors (Lipinski definition) is 5. The van der Waals surface area contributed by atoms with Crippen LogP contribution in [0.2, 0.25) is 0 Å². The second-order valence-electron chi connectivity index (χ2n) is 4.35. The Balaban J connectivity index is 1.88. The number of benzene rings is 1. The zero-order chi connectivity index (χ0) is 14.4. The topological polar surface area (TPSA) is 54.6 Å². The normalized spacial score (nSPS) is 12.3. The molecule has 2 rings (SSSR count). The van der Waals surface area contributed by atoms with Gasteiger partial charge in [-0.15, -0.1) is 11.8 Å². The Morgan fingerprint density at radius 1 is 1.40 bits per heavy atom. The largest absolute Gasteiger partial charge is 0.496 e. The molecule has 108 valence electrons. The van der Waals surface area contributed by atoms with Crippen molar-refractivity contribution in [2.45, 2.75) is 17.5 Å². The maximum atomic E-state index is 9.89. The second-order valence-corrected chi connectivity index (χ2v) is 5.20. The molecule has 20 heavy (non-hydrogen) atoms. The number of aliphatic hydroxyl groups is 1. The Morgan fingerprint density at radius 2 is 2.25 bits per heavy atom. The van der Waals surface area contributed by atoms with Crippen molar-refractivity contribution in [3.8, 4) is 5.75 Å². The van der Waals surface area contributed by atoms with Gasteiger partial charge in [-0.1, -0.05) is 6.07 Å². The zero-order valence-corrected chi connectivity index (χ0v) is 12.4. The van der Waals surface area contributed by atoms with Crippen molar-refractivity contribution in [2.24, 2.45) is 0 Å². The van der Waals surface area contributed by atoms with E-state index in [1.807, 2.05) is 18.4 Å². The average molecular weight is 293 g/mol. The molecule has 4 nitrogen and oxygen atoms in total.